The predicted octanol–water partition coefficient (Wildman–Crippen LogP) is 2.46. The van der Waals surface area contributed by atoms with Crippen molar-refractivity contribution in [2.24, 2.45) is 10.9 Å². The Labute approximate surface area is 155 Å². The minimum absolute atomic E-state index is 0. The van der Waals surface area contributed by atoms with Crippen LogP contribution in [0.1, 0.15) is 30.7 Å². The molecule has 2 atom stereocenters. The molecule has 5 nitrogen and oxygen atoms in total. The number of halogens is 1. The molecule has 1 aliphatic rings. The molecule has 0 bridgehead atoms. The Hall–Kier alpha value is -0.410. The topological polar surface area (TPSA) is 52.6 Å². The Balaban J connectivity index is 0.00000242. The van der Waals surface area contributed by atoms with Gasteiger partial charge in [0.2, 0.25) is 0 Å². The van der Waals surface area contributed by atoms with E-state index in [4.69, 9.17) is 0 Å². The third kappa shape index (κ3) is 5.34. The van der Waals surface area contributed by atoms with Crippen LogP contribution in [-0.2, 0) is 6.54 Å². The minimum Gasteiger partial charge on any atom is -0.352 e. The van der Waals surface area contributed by atoms with Crippen molar-refractivity contribution in [3.63, 3.8) is 0 Å². The van der Waals surface area contributed by atoms with Gasteiger partial charge in [-0.15, -0.1) is 35.3 Å². The first-order valence-corrected chi connectivity index (χ1v) is 8.43. The van der Waals surface area contributed by atoms with Crippen LogP contribution >= 0.6 is 35.3 Å². The first kappa shape index (κ1) is 19.6. The fourth-order valence-electron chi connectivity index (χ4n) is 2.63. The van der Waals surface area contributed by atoms with E-state index in [0.717, 1.165) is 30.6 Å². The maximum atomic E-state index is 4.37. The van der Waals surface area contributed by atoms with Gasteiger partial charge in [-0.05, 0) is 26.7 Å². The van der Waals surface area contributed by atoms with Crippen LogP contribution < -0.4 is 10.6 Å². The molecule has 1 saturated heterocycles. The lowest BCUT2D eigenvalue weighted by Gasteiger charge is -2.21. The second-order valence-electron chi connectivity index (χ2n) is 6.07. The number of likely N-dealkylation sites (tertiary alicyclic amines) is 1. The van der Waals surface area contributed by atoms with E-state index in [2.05, 4.69) is 53.2 Å². The predicted molar refractivity (Wildman–Crippen MR) is 105 cm³/mol. The Morgan fingerprint density at radius 2 is 2.23 bits per heavy atom. The molecule has 1 aliphatic heterocycles. The average Bonchev–Trinajstić information content (AvgIpc) is 3.01. The Morgan fingerprint density at radius 1 is 1.50 bits per heavy atom. The smallest absolute Gasteiger partial charge is 0.191 e. The van der Waals surface area contributed by atoms with Gasteiger partial charge in [-0.1, -0.05) is 6.92 Å². The summed E-state index contributed by atoms with van der Waals surface area (Å²) in [6.07, 6.45) is 1.91. The van der Waals surface area contributed by atoms with Gasteiger partial charge in [-0.3, -0.25) is 9.89 Å². The van der Waals surface area contributed by atoms with Crippen LogP contribution in [0, 0.1) is 12.8 Å². The van der Waals surface area contributed by atoms with Gasteiger partial charge in [0.05, 0.1) is 6.54 Å². The van der Waals surface area contributed by atoms with E-state index in [9.17, 15) is 0 Å². The summed E-state index contributed by atoms with van der Waals surface area (Å²) in [7, 11) is 1.82. The molecular weight excluding hydrogens is 409 g/mol. The normalized spacial score (nSPS) is 22.7. The van der Waals surface area contributed by atoms with E-state index in [1.165, 1.54) is 4.88 Å². The maximum Gasteiger partial charge on any atom is 0.191 e. The molecule has 2 heterocycles. The van der Waals surface area contributed by atoms with E-state index in [1.807, 2.05) is 13.2 Å². The summed E-state index contributed by atoms with van der Waals surface area (Å²) < 4.78 is 0. The SMILES string of the molecule is CN=C(NCc1ncc(C)s1)NC1CN(C(C)C)CC1C.I. The lowest BCUT2D eigenvalue weighted by atomic mass is 10.1. The van der Waals surface area contributed by atoms with Gasteiger partial charge in [-0.2, -0.15) is 0 Å². The first-order valence-electron chi connectivity index (χ1n) is 7.62. The van der Waals surface area contributed by atoms with Crippen LogP contribution in [-0.4, -0.2) is 48.1 Å². The summed E-state index contributed by atoms with van der Waals surface area (Å²) in [5.41, 5.74) is 0. The Kier molecular flexibility index (Phi) is 8.06. The number of nitrogens with one attached hydrogen (secondary N) is 2. The minimum atomic E-state index is 0. The zero-order valence-electron chi connectivity index (χ0n) is 14.1. The van der Waals surface area contributed by atoms with E-state index in [0.29, 0.717) is 18.0 Å². The largest absolute Gasteiger partial charge is 0.352 e. The van der Waals surface area contributed by atoms with Crippen LogP contribution in [0.3, 0.4) is 0 Å². The van der Waals surface area contributed by atoms with Gasteiger partial charge in [0.1, 0.15) is 5.01 Å². The molecule has 2 N–H and O–H groups in total. The fourth-order valence-corrected chi connectivity index (χ4v) is 3.35. The van der Waals surface area contributed by atoms with E-state index < -0.39 is 0 Å². The zero-order valence-corrected chi connectivity index (χ0v) is 17.2. The van der Waals surface area contributed by atoms with Crippen molar-refractivity contribution >= 4 is 41.3 Å². The molecule has 1 fully saturated rings. The van der Waals surface area contributed by atoms with Crippen molar-refractivity contribution in [2.45, 2.75) is 46.3 Å². The van der Waals surface area contributed by atoms with Crippen molar-refractivity contribution in [1.29, 1.82) is 0 Å². The van der Waals surface area contributed by atoms with Crippen LogP contribution in [0.5, 0.6) is 0 Å². The van der Waals surface area contributed by atoms with Gasteiger partial charge in [0, 0.05) is 43.3 Å². The van der Waals surface area contributed by atoms with Gasteiger partial charge >= 0.3 is 0 Å². The van der Waals surface area contributed by atoms with Crippen LogP contribution in [0.4, 0.5) is 0 Å². The molecule has 1 aromatic rings. The Morgan fingerprint density at radius 3 is 2.73 bits per heavy atom. The van der Waals surface area contributed by atoms with Gasteiger partial charge < -0.3 is 10.6 Å². The van der Waals surface area contributed by atoms with Gasteiger partial charge in [-0.25, -0.2) is 4.98 Å². The van der Waals surface area contributed by atoms with Crippen molar-refractivity contribution in [2.75, 3.05) is 20.1 Å². The van der Waals surface area contributed by atoms with Crippen LogP contribution in [0.15, 0.2) is 11.2 Å². The summed E-state index contributed by atoms with van der Waals surface area (Å²) in [6, 6.07) is 1.06. The van der Waals surface area contributed by atoms with Crippen molar-refractivity contribution in [3.05, 3.63) is 16.1 Å². The molecule has 0 saturated carbocycles. The van der Waals surface area contributed by atoms with E-state index in [-0.39, 0.29) is 24.0 Å². The standard InChI is InChI=1S/C15H27N5S.HI/c1-10(2)20-8-11(3)13(9-20)19-15(16-5)18-7-14-17-6-12(4)21-14;/h6,10-11,13H,7-9H2,1-5H3,(H2,16,18,19);1H. The van der Waals surface area contributed by atoms with Gasteiger partial charge in [0.15, 0.2) is 5.96 Å². The molecular formula is C15H28IN5S. The molecule has 2 unspecified atom stereocenters. The molecule has 0 aliphatic carbocycles. The van der Waals surface area contributed by atoms with E-state index >= 15 is 0 Å². The molecule has 126 valence electrons. The quantitative estimate of drug-likeness (QED) is 0.432. The van der Waals surface area contributed by atoms with Crippen molar-refractivity contribution < 1.29 is 0 Å². The molecule has 0 spiro atoms. The molecule has 0 radical (unpaired) electrons. The highest BCUT2D eigenvalue weighted by molar-refractivity contribution is 14.0. The summed E-state index contributed by atoms with van der Waals surface area (Å²) in [6.45, 7) is 11.9. The molecule has 2 rings (SSSR count). The highest BCUT2D eigenvalue weighted by Gasteiger charge is 2.31. The molecule has 7 heteroatoms. The lowest BCUT2D eigenvalue weighted by molar-refractivity contribution is 0.265. The number of guanidine groups is 1. The number of hydrogen-bond donors (Lipinski definition) is 2. The fraction of sp³-hybridized carbons (Fsp3) is 0.733. The van der Waals surface area contributed by atoms with Crippen molar-refractivity contribution in [3.8, 4) is 0 Å². The third-order valence-electron chi connectivity index (χ3n) is 3.99. The number of nitrogens with zero attached hydrogens (tertiary/aromatic N) is 3. The molecule has 1 aromatic heterocycles. The second-order valence-corrected chi connectivity index (χ2v) is 7.39. The summed E-state index contributed by atoms with van der Waals surface area (Å²) in [5.74, 6) is 1.50. The number of aliphatic imine (C=N–C) groups is 1. The van der Waals surface area contributed by atoms with Crippen molar-refractivity contribution in [1.82, 2.24) is 20.5 Å². The molecule has 0 aromatic carbocycles. The maximum absolute atomic E-state index is 4.37. The number of thiazole rings is 1. The summed E-state index contributed by atoms with van der Waals surface area (Å²) in [5, 5.41) is 8.01. The van der Waals surface area contributed by atoms with Crippen LogP contribution in [0.25, 0.3) is 0 Å². The monoisotopic (exact) mass is 437 g/mol. The zero-order chi connectivity index (χ0) is 15.4. The van der Waals surface area contributed by atoms with Gasteiger partial charge in [0.25, 0.3) is 0 Å². The second kappa shape index (κ2) is 9.02. The first-order chi connectivity index (χ1) is 9.99. The molecule has 22 heavy (non-hydrogen) atoms. The highest BCUT2D eigenvalue weighted by Crippen LogP contribution is 2.18. The summed E-state index contributed by atoms with van der Waals surface area (Å²) in [4.78, 5) is 12.5. The highest BCUT2D eigenvalue weighted by atomic mass is 127. The van der Waals surface area contributed by atoms with Crippen LogP contribution in [0.2, 0.25) is 0 Å². The number of aryl methyl sites for hydroxylation is 1. The summed E-state index contributed by atoms with van der Waals surface area (Å²) >= 11 is 1.72. The van der Waals surface area contributed by atoms with E-state index in [1.54, 1.807) is 11.3 Å². The number of aromatic nitrogens is 1. The number of hydrogen-bond acceptors (Lipinski definition) is 4. The lowest BCUT2D eigenvalue weighted by Crippen LogP contribution is -2.46. The average molecular weight is 437 g/mol. The third-order valence-corrected chi connectivity index (χ3v) is 4.91. The molecule has 0 amide bonds. The number of rotatable bonds is 4. The Bertz CT molecular complexity index is 488.